The Morgan fingerprint density at radius 2 is 2.33 bits per heavy atom. The largest absolute Gasteiger partial charge is 0.390 e. The Morgan fingerprint density at radius 3 is 3.06 bits per heavy atom. The molecule has 2 rings (SSSR count). The van der Waals surface area contributed by atoms with E-state index < -0.39 is 5.60 Å². The predicted octanol–water partition coefficient (Wildman–Crippen LogP) is 0.239. The van der Waals surface area contributed by atoms with Crippen LogP contribution >= 0.6 is 0 Å². The number of nitrogens with two attached hydrogens (primary N) is 1. The Kier molecular flexibility index (Phi) is 4.25. The smallest absolute Gasteiger partial charge is 0.237 e. The van der Waals surface area contributed by atoms with Gasteiger partial charge in [-0.15, -0.1) is 0 Å². The molecule has 0 radical (unpaired) electrons. The van der Waals surface area contributed by atoms with E-state index in [1.54, 1.807) is 0 Å². The van der Waals surface area contributed by atoms with Gasteiger partial charge in [0.2, 0.25) is 5.91 Å². The fourth-order valence-corrected chi connectivity index (χ4v) is 3.42. The van der Waals surface area contributed by atoms with Gasteiger partial charge in [-0.1, -0.05) is 19.8 Å². The van der Waals surface area contributed by atoms with E-state index in [9.17, 15) is 9.90 Å². The minimum absolute atomic E-state index is 0.0928. The summed E-state index contributed by atoms with van der Waals surface area (Å²) in [5.41, 5.74) is 1.77. The number of hydrazine groups is 1. The molecule has 5 nitrogen and oxygen atoms in total. The summed E-state index contributed by atoms with van der Waals surface area (Å²) in [6.07, 6.45) is 5.28. The number of carbonyl (C=O) groups is 1. The minimum Gasteiger partial charge on any atom is -0.390 e. The third-order valence-electron chi connectivity index (χ3n) is 4.63. The van der Waals surface area contributed by atoms with E-state index in [2.05, 4.69) is 10.3 Å². The van der Waals surface area contributed by atoms with Gasteiger partial charge in [-0.3, -0.25) is 10.2 Å². The quantitative estimate of drug-likeness (QED) is 0.383. The fourth-order valence-electron chi connectivity index (χ4n) is 3.42. The summed E-state index contributed by atoms with van der Waals surface area (Å²) in [6.45, 7) is 4.42. The zero-order valence-electron chi connectivity index (χ0n) is 11.2. The fraction of sp³-hybridized carbons (Fsp3) is 0.923. The Morgan fingerprint density at radius 1 is 1.56 bits per heavy atom. The number of rotatable bonds is 3. The Balaban J connectivity index is 1.88. The molecule has 4 N–H and O–H groups in total. The van der Waals surface area contributed by atoms with Crippen LogP contribution in [0.2, 0.25) is 0 Å². The maximum absolute atomic E-state index is 11.4. The van der Waals surface area contributed by atoms with Crippen molar-refractivity contribution in [1.82, 2.24) is 10.3 Å². The van der Waals surface area contributed by atoms with Crippen LogP contribution in [0, 0.1) is 11.8 Å². The van der Waals surface area contributed by atoms with Gasteiger partial charge in [0.1, 0.15) is 0 Å². The Bertz CT molecular complexity index is 311. The molecule has 0 bridgehead atoms. The molecule has 5 heteroatoms. The number of nitrogens with one attached hydrogen (secondary N) is 1. The molecule has 3 atom stereocenters. The van der Waals surface area contributed by atoms with Crippen molar-refractivity contribution in [3.63, 3.8) is 0 Å². The lowest BCUT2D eigenvalue weighted by Crippen LogP contribution is -2.54. The number of amides is 1. The van der Waals surface area contributed by atoms with Crippen molar-refractivity contribution >= 4 is 5.91 Å². The summed E-state index contributed by atoms with van der Waals surface area (Å²) in [7, 11) is 0. The minimum atomic E-state index is -0.436. The molecule has 18 heavy (non-hydrogen) atoms. The van der Waals surface area contributed by atoms with Gasteiger partial charge in [-0.05, 0) is 19.3 Å². The summed E-state index contributed by atoms with van der Waals surface area (Å²) in [5.74, 6) is 5.33. The van der Waals surface area contributed by atoms with E-state index in [1.807, 2.05) is 6.92 Å². The van der Waals surface area contributed by atoms with Gasteiger partial charge in [-0.2, -0.15) is 0 Å². The van der Waals surface area contributed by atoms with E-state index in [-0.39, 0.29) is 11.8 Å². The van der Waals surface area contributed by atoms with Crippen LogP contribution in [0.15, 0.2) is 0 Å². The maximum atomic E-state index is 11.4. The summed E-state index contributed by atoms with van der Waals surface area (Å²) in [4.78, 5) is 13.7. The van der Waals surface area contributed by atoms with Gasteiger partial charge >= 0.3 is 0 Å². The monoisotopic (exact) mass is 255 g/mol. The number of aliphatic hydroxyl groups is 1. The third-order valence-corrected chi connectivity index (χ3v) is 4.63. The lowest BCUT2D eigenvalue weighted by atomic mass is 9.71. The summed E-state index contributed by atoms with van der Waals surface area (Å²) in [6, 6.07) is 0. The molecule has 1 saturated carbocycles. The highest BCUT2D eigenvalue weighted by Crippen LogP contribution is 2.39. The van der Waals surface area contributed by atoms with Gasteiger partial charge in [0.15, 0.2) is 0 Å². The second kappa shape index (κ2) is 5.55. The maximum Gasteiger partial charge on any atom is 0.237 e. The molecular weight excluding hydrogens is 230 g/mol. The van der Waals surface area contributed by atoms with Gasteiger partial charge in [-0.25, -0.2) is 5.84 Å². The van der Waals surface area contributed by atoms with Crippen LogP contribution in [-0.4, -0.2) is 41.1 Å². The molecule has 0 aromatic rings. The summed E-state index contributed by atoms with van der Waals surface area (Å²) in [5, 5.41) is 10.6. The number of nitrogens with zero attached hydrogens (tertiary/aromatic N) is 1. The first-order chi connectivity index (χ1) is 8.55. The highest BCUT2D eigenvalue weighted by atomic mass is 16.3. The first-order valence-electron chi connectivity index (χ1n) is 7.00. The van der Waals surface area contributed by atoms with Crippen molar-refractivity contribution in [2.45, 2.75) is 44.6 Å². The number of likely N-dealkylation sites (tertiary alicyclic amines) is 1. The van der Waals surface area contributed by atoms with Crippen molar-refractivity contribution in [3.8, 4) is 0 Å². The molecule has 0 spiro atoms. The molecule has 2 aliphatic rings. The van der Waals surface area contributed by atoms with Gasteiger partial charge in [0, 0.05) is 31.5 Å². The molecule has 0 aromatic heterocycles. The standard InChI is InChI=1S/C13H25N3O2/c1-10(12(17)15-14)8-16-7-6-13(18)5-3-2-4-11(13)9-16/h10-11,18H,2-9,14H2,1H3,(H,15,17). The molecule has 1 heterocycles. The van der Waals surface area contributed by atoms with Crippen LogP contribution in [0.25, 0.3) is 0 Å². The molecule has 3 unspecified atom stereocenters. The van der Waals surface area contributed by atoms with Crippen LogP contribution in [0.1, 0.15) is 39.0 Å². The van der Waals surface area contributed by atoms with Crippen LogP contribution in [0.3, 0.4) is 0 Å². The van der Waals surface area contributed by atoms with Crippen LogP contribution in [0.5, 0.6) is 0 Å². The molecule has 1 saturated heterocycles. The average Bonchev–Trinajstić information content (AvgIpc) is 2.38. The topological polar surface area (TPSA) is 78.6 Å². The highest BCUT2D eigenvalue weighted by molar-refractivity contribution is 5.77. The zero-order valence-corrected chi connectivity index (χ0v) is 11.2. The number of fused-ring (bicyclic) bond motifs is 1. The van der Waals surface area contributed by atoms with Gasteiger partial charge in [0.25, 0.3) is 0 Å². The molecule has 1 aliphatic heterocycles. The van der Waals surface area contributed by atoms with E-state index in [0.717, 1.165) is 45.3 Å². The SMILES string of the molecule is CC(CN1CCC2(O)CCCCC2C1)C(=O)NN. The first kappa shape index (κ1) is 13.8. The number of carbonyl (C=O) groups excluding carboxylic acids is 1. The molecule has 104 valence electrons. The van der Waals surface area contributed by atoms with Gasteiger partial charge in [0.05, 0.1) is 5.60 Å². The first-order valence-corrected chi connectivity index (χ1v) is 7.00. The molecule has 2 fully saturated rings. The molecule has 1 amide bonds. The predicted molar refractivity (Wildman–Crippen MR) is 69.5 cm³/mol. The van der Waals surface area contributed by atoms with Crippen molar-refractivity contribution in [3.05, 3.63) is 0 Å². The summed E-state index contributed by atoms with van der Waals surface area (Å²) < 4.78 is 0. The van der Waals surface area contributed by atoms with Crippen molar-refractivity contribution in [1.29, 1.82) is 0 Å². The molecule has 1 aliphatic carbocycles. The van der Waals surface area contributed by atoms with E-state index in [1.165, 1.54) is 6.42 Å². The second-order valence-electron chi connectivity index (χ2n) is 5.97. The average molecular weight is 255 g/mol. The molecule has 0 aromatic carbocycles. The normalized spacial score (nSPS) is 34.7. The number of hydrogen-bond acceptors (Lipinski definition) is 4. The number of piperidine rings is 1. The van der Waals surface area contributed by atoms with E-state index >= 15 is 0 Å². The zero-order chi connectivity index (χ0) is 13.2. The van der Waals surface area contributed by atoms with Crippen LogP contribution < -0.4 is 11.3 Å². The van der Waals surface area contributed by atoms with Gasteiger partial charge < -0.3 is 10.0 Å². The number of hydrogen-bond donors (Lipinski definition) is 3. The Hall–Kier alpha value is -0.650. The van der Waals surface area contributed by atoms with E-state index in [0.29, 0.717) is 5.92 Å². The van der Waals surface area contributed by atoms with Crippen molar-refractivity contribution < 1.29 is 9.90 Å². The highest BCUT2D eigenvalue weighted by Gasteiger charge is 2.42. The lowest BCUT2D eigenvalue weighted by molar-refractivity contribution is -0.126. The lowest BCUT2D eigenvalue weighted by Gasteiger charge is -2.47. The summed E-state index contributed by atoms with van der Waals surface area (Å²) >= 11 is 0. The van der Waals surface area contributed by atoms with Crippen LogP contribution in [-0.2, 0) is 4.79 Å². The van der Waals surface area contributed by atoms with Crippen molar-refractivity contribution in [2.24, 2.45) is 17.7 Å². The van der Waals surface area contributed by atoms with Crippen molar-refractivity contribution in [2.75, 3.05) is 19.6 Å². The Labute approximate surface area is 109 Å². The third kappa shape index (κ3) is 2.84. The van der Waals surface area contributed by atoms with Crippen LogP contribution in [0.4, 0.5) is 0 Å². The van der Waals surface area contributed by atoms with E-state index in [4.69, 9.17) is 5.84 Å². The molecular formula is C13H25N3O2. The second-order valence-corrected chi connectivity index (χ2v) is 5.97.